The fourth-order valence-corrected chi connectivity index (χ4v) is 4.37. The van der Waals surface area contributed by atoms with Crippen molar-refractivity contribution in [3.63, 3.8) is 0 Å². The first-order valence-corrected chi connectivity index (χ1v) is 10.2. The molecule has 2 heterocycles. The van der Waals surface area contributed by atoms with E-state index in [1.54, 1.807) is 11.8 Å². The lowest BCUT2D eigenvalue weighted by Gasteiger charge is -2.02. The topological polar surface area (TPSA) is 68.0 Å². The number of nitrogens with one attached hydrogen (secondary N) is 1. The van der Waals surface area contributed by atoms with Crippen LogP contribution in [0.4, 0.5) is 5.13 Å². The Morgan fingerprint density at radius 1 is 1.19 bits per heavy atom. The lowest BCUT2D eigenvalue weighted by atomic mass is 10.1. The third-order valence-corrected chi connectivity index (χ3v) is 5.87. The van der Waals surface area contributed by atoms with Crippen LogP contribution in [-0.2, 0) is 10.5 Å². The van der Waals surface area contributed by atoms with E-state index in [9.17, 15) is 4.79 Å². The van der Waals surface area contributed by atoms with Gasteiger partial charge in [0, 0.05) is 21.8 Å². The van der Waals surface area contributed by atoms with Crippen LogP contribution in [0.25, 0.3) is 11.3 Å². The summed E-state index contributed by atoms with van der Waals surface area (Å²) in [5.41, 5.74) is 5.15. The maximum Gasteiger partial charge on any atom is 0.236 e. The Morgan fingerprint density at radius 2 is 1.92 bits per heavy atom. The molecule has 1 amide bonds. The molecule has 0 aliphatic carbocycles. The SMILES string of the molecule is Cc1ccc(-c2nc(NC(=O)CSCc3c(C)noc3C)sc2C)cc1. The van der Waals surface area contributed by atoms with Crippen LogP contribution in [0.1, 0.15) is 27.5 Å². The van der Waals surface area contributed by atoms with Gasteiger partial charge in [-0.1, -0.05) is 35.0 Å². The average Bonchev–Trinajstić information content (AvgIpc) is 3.12. The Labute approximate surface area is 161 Å². The van der Waals surface area contributed by atoms with Crippen LogP contribution < -0.4 is 5.32 Å². The number of aryl methyl sites for hydroxylation is 4. The fraction of sp³-hybridized carbons (Fsp3) is 0.316. The molecule has 0 unspecified atom stereocenters. The highest BCUT2D eigenvalue weighted by atomic mass is 32.2. The van der Waals surface area contributed by atoms with Gasteiger partial charge in [0.25, 0.3) is 0 Å². The molecule has 3 aromatic rings. The lowest BCUT2D eigenvalue weighted by Crippen LogP contribution is -2.14. The molecular formula is C19H21N3O2S2. The number of nitrogens with zero attached hydrogens (tertiary/aromatic N) is 2. The van der Waals surface area contributed by atoms with Crippen LogP contribution in [0.5, 0.6) is 0 Å². The van der Waals surface area contributed by atoms with Crippen LogP contribution in [-0.4, -0.2) is 21.8 Å². The Kier molecular flexibility index (Phi) is 5.78. The average molecular weight is 388 g/mol. The lowest BCUT2D eigenvalue weighted by molar-refractivity contribution is -0.113. The molecule has 0 saturated heterocycles. The Balaban J connectivity index is 1.58. The van der Waals surface area contributed by atoms with Crippen molar-refractivity contribution in [2.24, 2.45) is 0 Å². The van der Waals surface area contributed by atoms with Crippen molar-refractivity contribution >= 4 is 34.1 Å². The molecular weight excluding hydrogens is 366 g/mol. The van der Waals surface area contributed by atoms with Gasteiger partial charge in [-0.2, -0.15) is 0 Å². The van der Waals surface area contributed by atoms with Crippen LogP contribution in [0.15, 0.2) is 28.8 Å². The van der Waals surface area contributed by atoms with Crippen molar-refractivity contribution in [1.29, 1.82) is 0 Å². The van der Waals surface area contributed by atoms with E-state index >= 15 is 0 Å². The number of thiazole rings is 1. The zero-order valence-corrected chi connectivity index (χ0v) is 16.9. The highest BCUT2D eigenvalue weighted by Crippen LogP contribution is 2.30. The molecule has 0 fully saturated rings. The first kappa shape index (κ1) is 18.7. The smallest absolute Gasteiger partial charge is 0.236 e. The molecule has 26 heavy (non-hydrogen) atoms. The number of amides is 1. The highest BCUT2D eigenvalue weighted by Gasteiger charge is 2.13. The van der Waals surface area contributed by atoms with E-state index in [0.717, 1.165) is 33.2 Å². The minimum Gasteiger partial charge on any atom is -0.361 e. The second kappa shape index (κ2) is 8.05. The van der Waals surface area contributed by atoms with Crippen molar-refractivity contribution in [3.8, 4) is 11.3 Å². The zero-order valence-electron chi connectivity index (χ0n) is 15.3. The minimum atomic E-state index is -0.0500. The van der Waals surface area contributed by atoms with Crippen molar-refractivity contribution in [2.45, 2.75) is 33.4 Å². The van der Waals surface area contributed by atoms with Crippen LogP contribution in [0.3, 0.4) is 0 Å². The first-order valence-electron chi connectivity index (χ1n) is 8.28. The summed E-state index contributed by atoms with van der Waals surface area (Å²) < 4.78 is 5.14. The van der Waals surface area contributed by atoms with E-state index < -0.39 is 0 Å². The second-order valence-corrected chi connectivity index (χ2v) is 8.32. The maximum absolute atomic E-state index is 12.2. The van der Waals surface area contributed by atoms with Gasteiger partial charge in [0.05, 0.1) is 17.1 Å². The summed E-state index contributed by atoms with van der Waals surface area (Å²) >= 11 is 3.04. The van der Waals surface area contributed by atoms with Crippen molar-refractivity contribution in [3.05, 3.63) is 51.7 Å². The Hall–Kier alpha value is -2.12. The summed E-state index contributed by atoms with van der Waals surface area (Å²) in [4.78, 5) is 17.9. The molecule has 3 rings (SSSR count). The van der Waals surface area contributed by atoms with Crippen LogP contribution in [0.2, 0.25) is 0 Å². The van der Waals surface area contributed by atoms with Gasteiger partial charge in [0.15, 0.2) is 5.13 Å². The molecule has 0 bridgehead atoms. The molecule has 7 heteroatoms. The summed E-state index contributed by atoms with van der Waals surface area (Å²) in [6, 6.07) is 8.25. The summed E-state index contributed by atoms with van der Waals surface area (Å²) in [6.07, 6.45) is 0. The molecule has 0 aliphatic heterocycles. The van der Waals surface area contributed by atoms with Gasteiger partial charge in [-0.05, 0) is 27.7 Å². The number of hydrogen-bond donors (Lipinski definition) is 1. The zero-order chi connectivity index (χ0) is 18.7. The van der Waals surface area contributed by atoms with Gasteiger partial charge in [-0.15, -0.1) is 23.1 Å². The van der Waals surface area contributed by atoms with Crippen LogP contribution in [0, 0.1) is 27.7 Å². The first-order chi connectivity index (χ1) is 12.4. The van der Waals surface area contributed by atoms with Crippen molar-refractivity contribution in [1.82, 2.24) is 10.1 Å². The molecule has 0 aliphatic rings. The van der Waals surface area contributed by atoms with E-state index in [1.165, 1.54) is 16.9 Å². The monoisotopic (exact) mass is 387 g/mol. The number of carbonyl (C=O) groups excluding carboxylic acids is 1. The largest absolute Gasteiger partial charge is 0.361 e. The summed E-state index contributed by atoms with van der Waals surface area (Å²) in [5, 5.41) is 7.47. The van der Waals surface area contributed by atoms with Gasteiger partial charge in [-0.3, -0.25) is 4.79 Å². The minimum absolute atomic E-state index is 0.0500. The molecule has 0 radical (unpaired) electrons. The van der Waals surface area contributed by atoms with Crippen molar-refractivity contribution in [2.75, 3.05) is 11.1 Å². The molecule has 5 nitrogen and oxygen atoms in total. The van der Waals surface area contributed by atoms with E-state index in [4.69, 9.17) is 4.52 Å². The van der Waals surface area contributed by atoms with E-state index in [0.29, 0.717) is 16.6 Å². The normalized spacial score (nSPS) is 10.9. The van der Waals surface area contributed by atoms with E-state index in [2.05, 4.69) is 46.6 Å². The molecule has 2 aromatic heterocycles. The van der Waals surface area contributed by atoms with Gasteiger partial charge in [-0.25, -0.2) is 4.98 Å². The number of benzene rings is 1. The van der Waals surface area contributed by atoms with E-state index in [1.807, 2.05) is 20.8 Å². The summed E-state index contributed by atoms with van der Waals surface area (Å²) in [6.45, 7) is 7.89. The molecule has 0 spiro atoms. The summed E-state index contributed by atoms with van der Waals surface area (Å²) in [5.74, 6) is 1.84. The second-order valence-electron chi connectivity index (χ2n) is 6.13. The highest BCUT2D eigenvalue weighted by molar-refractivity contribution is 7.99. The Bertz CT molecular complexity index is 894. The van der Waals surface area contributed by atoms with Crippen LogP contribution >= 0.6 is 23.1 Å². The fourth-order valence-electron chi connectivity index (χ4n) is 2.54. The van der Waals surface area contributed by atoms with Gasteiger partial charge < -0.3 is 9.84 Å². The maximum atomic E-state index is 12.2. The quantitative estimate of drug-likeness (QED) is 0.651. The predicted octanol–water partition coefficient (Wildman–Crippen LogP) is 4.90. The molecule has 0 saturated carbocycles. The molecule has 136 valence electrons. The third kappa shape index (κ3) is 4.34. The molecule has 1 aromatic carbocycles. The van der Waals surface area contributed by atoms with Gasteiger partial charge in [0.2, 0.25) is 5.91 Å². The van der Waals surface area contributed by atoms with Gasteiger partial charge >= 0.3 is 0 Å². The molecule has 1 N–H and O–H groups in total. The summed E-state index contributed by atoms with van der Waals surface area (Å²) in [7, 11) is 0. The van der Waals surface area contributed by atoms with Crippen molar-refractivity contribution < 1.29 is 9.32 Å². The number of aromatic nitrogens is 2. The number of carbonyl (C=O) groups is 1. The number of anilines is 1. The number of hydrogen-bond acceptors (Lipinski definition) is 6. The number of rotatable bonds is 6. The van der Waals surface area contributed by atoms with E-state index in [-0.39, 0.29) is 5.91 Å². The third-order valence-electron chi connectivity index (χ3n) is 4.03. The Morgan fingerprint density at radius 3 is 2.58 bits per heavy atom. The standard InChI is InChI=1S/C19H21N3O2S2/c1-11-5-7-15(8-6-11)18-14(4)26-19(21-18)20-17(23)10-25-9-16-12(2)22-24-13(16)3/h5-8H,9-10H2,1-4H3,(H,20,21,23). The predicted molar refractivity (Wildman–Crippen MR) is 108 cm³/mol. The number of thioether (sulfide) groups is 1. The van der Waals surface area contributed by atoms with Gasteiger partial charge in [0.1, 0.15) is 5.76 Å². The molecule has 0 atom stereocenters.